The summed E-state index contributed by atoms with van der Waals surface area (Å²) in [5, 5.41) is 4.41. The molecule has 6 atom stereocenters. The lowest BCUT2D eigenvalue weighted by Gasteiger charge is -2.60. The number of fused-ring (bicyclic) bond motifs is 5. The van der Waals surface area contributed by atoms with E-state index < -0.39 is 0 Å². The van der Waals surface area contributed by atoms with Crippen LogP contribution >= 0.6 is 12.4 Å². The van der Waals surface area contributed by atoms with Crippen molar-refractivity contribution in [2.45, 2.75) is 72.1 Å². The van der Waals surface area contributed by atoms with Crippen molar-refractivity contribution in [3.8, 4) is 0 Å². The quantitative estimate of drug-likeness (QED) is 0.410. The molecule has 0 spiro atoms. The summed E-state index contributed by atoms with van der Waals surface area (Å²) in [6.45, 7) is 8.03. The molecular weight excluding hydrogens is 372 g/mol. The van der Waals surface area contributed by atoms with Gasteiger partial charge < -0.3 is 10.6 Å². The number of oxime groups is 1. The van der Waals surface area contributed by atoms with Crippen molar-refractivity contribution in [1.29, 1.82) is 0 Å². The largest absolute Gasteiger partial charge is 0.395 e. The lowest BCUT2D eigenvalue weighted by atomic mass is 9.44. The Bertz CT molecular complexity index is 676. The Hall–Kier alpha value is -0.870. The van der Waals surface area contributed by atoms with E-state index in [1.165, 1.54) is 25.0 Å². The number of nitrogens with zero attached hydrogens (tertiary/aromatic N) is 1. The highest BCUT2D eigenvalue weighted by atomic mass is 35.5. The van der Waals surface area contributed by atoms with Crippen LogP contribution in [0, 0.1) is 34.5 Å². The summed E-state index contributed by atoms with van der Waals surface area (Å²) in [4.78, 5) is 18.0. The maximum atomic E-state index is 12.6. The van der Waals surface area contributed by atoms with Gasteiger partial charge in [-0.1, -0.05) is 30.7 Å². The molecule has 4 saturated carbocycles. The van der Waals surface area contributed by atoms with Gasteiger partial charge in [0.05, 0.1) is 5.71 Å². The van der Waals surface area contributed by atoms with Gasteiger partial charge in [-0.3, -0.25) is 4.79 Å². The van der Waals surface area contributed by atoms with E-state index >= 15 is 0 Å². The second-order valence-corrected chi connectivity index (χ2v) is 9.90. The Kier molecular flexibility index (Phi) is 6.32. The van der Waals surface area contributed by atoms with Crippen LogP contribution in [0.3, 0.4) is 0 Å². The first-order chi connectivity index (χ1) is 12.9. The summed E-state index contributed by atoms with van der Waals surface area (Å²) in [6.07, 6.45) is 11.1. The minimum Gasteiger partial charge on any atom is -0.395 e. The van der Waals surface area contributed by atoms with Gasteiger partial charge in [0.15, 0.2) is 0 Å². The third-order valence-corrected chi connectivity index (χ3v) is 8.87. The first-order valence-electron chi connectivity index (χ1n) is 11.0. The van der Waals surface area contributed by atoms with Crippen LogP contribution in [-0.4, -0.2) is 24.6 Å². The molecule has 0 aromatic heterocycles. The van der Waals surface area contributed by atoms with Crippen molar-refractivity contribution in [2.24, 2.45) is 45.4 Å². The second kappa shape index (κ2) is 8.10. The van der Waals surface area contributed by atoms with Gasteiger partial charge in [0.1, 0.15) is 12.4 Å². The number of ketones is 1. The van der Waals surface area contributed by atoms with Gasteiger partial charge >= 0.3 is 0 Å². The summed E-state index contributed by atoms with van der Waals surface area (Å²) < 4.78 is 0. The molecule has 0 saturated heterocycles. The lowest BCUT2D eigenvalue weighted by molar-refractivity contribution is -0.134. The monoisotopic (exact) mass is 408 g/mol. The zero-order chi connectivity index (χ0) is 19.2. The SMILES string of the molecule is C/C=C1\C[C@@H]2[C@H](CC[C@]3(C)C(=O)CC[C@@H]23)[C@@]2(C)CC/C(=N\OCCN)C[C@H]12.Cl. The standard InChI is InChI=1S/C23H36N2O2.ClH/c1-4-15-13-17-18-5-6-21(26)23(18,3)10-8-19(17)22(2)9-7-16(14-20(15)22)25-27-12-11-24;/h4,17-20H,5-14,24H2,1-3H3;1H/b15-4+,25-16+;/t17-,18-,19-,20+,22+,23-;/m0./s1. The van der Waals surface area contributed by atoms with Crippen molar-refractivity contribution in [3.63, 3.8) is 0 Å². The highest BCUT2D eigenvalue weighted by Gasteiger charge is 2.60. The van der Waals surface area contributed by atoms with E-state index in [9.17, 15) is 4.79 Å². The van der Waals surface area contributed by atoms with Crippen LogP contribution in [0.4, 0.5) is 0 Å². The predicted molar refractivity (Wildman–Crippen MR) is 116 cm³/mol. The summed E-state index contributed by atoms with van der Waals surface area (Å²) in [6, 6.07) is 0. The molecule has 0 radical (unpaired) electrons. The smallest absolute Gasteiger partial charge is 0.139 e. The lowest BCUT2D eigenvalue weighted by Crippen LogP contribution is -2.54. The van der Waals surface area contributed by atoms with E-state index in [1.807, 2.05) is 0 Å². The Morgan fingerprint density at radius 1 is 1.18 bits per heavy atom. The van der Waals surface area contributed by atoms with Gasteiger partial charge in [0, 0.05) is 18.4 Å². The normalized spacial score (nSPS) is 45.2. The minimum atomic E-state index is -0.0411. The highest BCUT2D eigenvalue weighted by molar-refractivity contribution is 5.87. The number of nitrogens with two attached hydrogens (primary N) is 1. The first kappa shape index (κ1) is 21.8. The van der Waals surface area contributed by atoms with Gasteiger partial charge in [0.2, 0.25) is 0 Å². The third-order valence-electron chi connectivity index (χ3n) is 8.87. The van der Waals surface area contributed by atoms with E-state index in [-0.39, 0.29) is 17.8 Å². The number of carbonyl (C=O) groups excluding carboxylic acids is 1. The van der Waals surface area contributed by atoms with Crippen LogP contribution in [0.15, 0.2) is 16.8 Å². The van der Waals surface area contributed by atoms with Crippen LogP contribution < -0.4 is 5.73 Å². The maximum Gasteiger partial charge on any atom is 0.139 e. The Balaban J connectivity index is 0.00000225. The van der Waals surface area contributed by atoms with Crippen LogP contribution in [0.25, 0.3) is 0 Å². The van der Waals surface area contributed by atoms with Crippen LogP contribution in [0.5, 0.6) is 0 Å². The molecule has 0 amide bonds. The zero-order valence-corrected chi connectivity index (χ0v) is 18.5. The molecule has 0 unspecified atom stereocenters. The highest BCUT2D eigenvalue weighted by Crippen LogP contribution is 2.66. The summed E-state index contributed by atoms with van der Waals surface area (Å²) in [5.74, 6) is 3.16. The molecule has 0 heterocycles. The fraction of sp³-hybridized carbons (Fsp3) is 0.826. The molecule has 0 aromatic carbocycles. The second-order valence-electron chi connectivity index (χ2n) is 9.90. The molecule has 158 valence electrons. The molecule has 0 bridgehead atoms. The number of halogens is 1. The zero-order valence-electron chi connectivity index (χ0n) is 17.7. The number of carbonyl (C=O) groups is 1. The topological polar surface area (TPSA) is 64.7 Å². The van der Waals surface area contributed by atoms with Gasteiger partial charge in [-0.2, -0.15) is 0 Å². The molecule has 4 aliphatic carbocycles. The molecule has 2 N–H and O–H groups in total. The summed E-state index contributed by atoms with van der Waals surface area (Å²) in [7, 11) is 0. The summed E-state index contributed by atoms with van der Waals surface area (Å²) >= 11 is 0. The van der Waals surface area contributed by atoms with E-state index in [0.717, 1.165) is 38.0 Å². The minimum absolute atomic E-state index is 0. The van der Waals surface area contributed by atoms with Crippen molar-refractivity contribution in [1.82, 2.24) is 0 Å². The van der Waals surface area contributed by atoms with Gasteiger partial charge in [-0.25, -0.2) is 0 Å². The molecule has 4 fully saturated rings. The van der Waals surface area contributed by atoms with Crippen molar-refractivity contribution in [2.75, 3.05) is 13.2 Å². The molecule has 4 rings (SSSR count). The Labute approximate surface area is 176 Å². The van der Waals surface area contributed by atoms with Crippen molar-refractivity contribution < 1.29 is 9.63 Å². The molecule has 4 aliphatic rings. The van der Waals surface area contributed by atoms with E-state index in [0.29, 0.717) is 42.1 Å². The number of Topliss-reactive ketones (excluding diaryl/α,β-unsaturated/α-hetero) is 1. The van der Waals surface area contributed by atoms with E-state index in [2.05, 4.69) is 32.0 Å². The molecule has 5 heteroatoms. The molecular formula is C23H37ClN2O2. The average molecular weight is 409 g/mol. The third kappa shape index (κ3) is 3.25. The van der Waals surface area contributed by atoms with Crippen LogP contribution in [-0.2, 0) is 9.63 Å². The number of hydrogen-bond donors (Lipinski definition) is 1. The van der Waals surface area contributed by atoms with E-state index in [1.54, 1.807) is 5.57 Å². The number of rotatable bonds is 3. The number of allylic oxidation sites excluding steroid dienone is 2. The van der Waals surface area contributed by atoms with Gasteiger partial charge in [-0.15, -0.1) is 12.4 Å². The molecule has 0 aromatic rings. The molecule has 0 aliphatic heterocycles. The van der Waals surface area contributed by atoms with Crippen molar-refractivity contribution >= 4 is 23.9 Å². The molecule has 28 heavy (non-hydrogen) atoms. The summed E-state index contributed by atoms with van der Waals surface area (Å²) in [5.41, 5.74) is 8.63. The predicted octanol–water partition coefficient (Wildman–Crippen LogP) is 4.91. The fourth-order valence-corrected chi connectivity index (χ4v) is 7.33. The molecule has 4 nitrogen and oxygen atoms in total. The van der Waals surface area contributed by atoms with Crippen LogP contribution in [0.1, 0.15) is 72.1 Å². The first-order valence-corrected chi connectivity index (χ1v) is 11.0. The number of hydrogen-bond acceptors (Lipinski definition) is 4. The van der Waals surface area contributed by atoms with Crippen LogP contribution in [0.2, 0.25) is 0 Å². The Morgan fingerprint density at radius 3 is 2.68 bits per heavy atom. The van der Waals surface area contributed by atoms with Crippen molar-refractivity contribution in [3.05, 3.63) is 11.6 Å². The maximum absolute atomic E-state index is 12.6. The Morgan fingerprint density at radius 2 is 1.96 bits per heavy atom. The van der Waals surface area contributed by atoms with Gasteiger partial charge in [-0.05, 0) is 81.0 Å². The fourth-order valence-electron chi connectivity index (χ4n) is 7.33. The van der Waals surface area contributed by atoms with Gasteiger partial charge in [0.25, 0.3) is 0 Å². The average Bonchev–Trinajstić information content (AvgIpc) is 2.96. The van der Waals surface area contributed by atoms with E-state index in [4.69, 9.17) is 10.6 Å².